The van der Waals surface area contributed by atoms with Crippen molar-refractivity contribution in [3.05, 3.63) is 24.0 Å². The highest BCUT2D eigenvalue weighted by Crippen LogP contribution is 2.40. The Bertz CT molecular complexity index is 331. The third-order valence-corrected chi connectivity index (χ3v) is 3.61. The van der Waals surface area contributed by atoms with Gasteiger partial charge in [-0.05, 0) is 56.7 Å². The minimum atomic E-state index is 0.320. The van der Waals surface area contributed by atoms with E-state index in [1.807, 2.05) is 0 Å². The van der Waals surface area contributed by atoms with Crippen LogP contribution in [0.25, 0.3) is 0 Å². The third kappa shape index (κ3) is 3.58. The summed E-state index contributed by atoms with van der Waals surface area (Å²) in [7, 11) is 2.06. The van der Waals surface area contributed by atoms with Gasteiger partial charge in [-0.15, -0.1) is 0 Å². The molecule has 0 radical (unpaired) electrons. The summed E-state index contributed by atoms with van der Waals surface area (Å²) in [5, 5.41) is 12.1. The number of unbranched alkanes of at least 4 members (excludes halogenated alkanes) is 2. The second-order valence-corrected chi connectivity index (χ2v) is 5.07. The highest BCUT2D eigenvalue weighted by atomic mass is 16.2. The van der Waals surface area contributed by atoms with Crippen molar-refractivity contribution in [2.45, 2.75) is 44.7 Å². The number of hydrogen-bond donors (Lipinski definition) is 2. The number of nitrogens with one attached hydrogen (secondary N) is 1. The molecule has 3 nitrogen and oxygen atoms in total. The Balaban J connectivity index is 1.82. The third-order valence-electron chi connectivity index (χ3n) is 3.61. The summed E-state index contributed by atoms with van der Waals surface area (Å²) in [5.41, 5.74) is 1.43. The zero-order valence-corrected chi connectivity index (χ0v) is 10.7. The fourth-order valence-electron chi connectivity index (χ4n) is 2.47. The van der Waals surface area contributed by atoms with Crippen LogP contribution >= 0.6 is 0 Å². The quantitative estimate of drug-likeness (QED) is 0.680. The van der Waals surface area contributed by atoms with Gasteiger partial charge in [0.1, 0.15) is 0 Å². The molecule has 2 rings (SSSR count). The van der Waals surface area contributed by atoms with Gasteiger partial charge in [-0.3, -0.25) is 0 Å². The van der Waals surface area contributed by atoms with Crippen molar-refractivity contribution in [2.75, 3.05) is 13.7 Å². The van der Waals surface area contributed by atoms with Gasteiger partial charge in [-0.1, -0.05) is 0 Å². The number of hydrogen-bond acceptors (Lipinski definition) is 2. The lowest BCUT2D eigenvalue weighted by molar-refractivity contribution is 0.282. The van der Waals surface area contributed by atoms with E-state index in [1.165, 1.54) is 18.4 Å². The first-order valence-electron chi connectivity index (χ1n) is 6.79. The van der Waals surface area contributed by atoms with E-state index in [2.05, 4.69) is 35.4 Å². The minimum Gasteiger partial charge on any atom is -0.396 e. The van der Waals surface area contributed by atoms with Crippen molar-refractivity contribution in [1.29, 1.82) is 0 Å². The standard InChI is InChI=1S/C14H24N2O/c1-15-14(12-5-6-12)13-7-9-16(11-13)8-3-2-4-10-17/h7,9,11-12,14-15,17H,2-6,8,10H2,1H3. The summed E-state index contributed by atoms with van der Waals surface area (Å²) in [6.07, 6.45) is 10.4. The molecule has 2 N–H and O–H groups in total. The maximum Gasteiger partial charge on any atom is 0.0431 e. The maximum absolute atomic E-state index is 8.73. The first-order valence-corrected chi connectivity index (χ1v) is 6.79. The van der Waals surface area contributed by atoms with E-state index in [0.717, 1.165) is 31.7 Å². The number of aliphatic hydroxyl groups excluding tert-OH is 1. The maximum atomic E-state index is 8.73. The second kappa shape index (κ2) is 6.22. The van der Waals surface area contributed by atoms with Crippen molar-refractivity contribution in [3.8, 4) is 0 Å². The molecule has 0 amide bonds. The minimum absolute atomic E-state index is 0.320. The molecular formula is C14H24N2O. The predicted octanol–water partition coefficient (Wildman–Crippen LogP) is 2.32. The van der Waals surface area contributed by atoms with E-state index in [-0.39, 0.29) is 0 Å². The molecule has 0 spiro atoms. The molecule has 1 fully saturated rings. The van der Waals surface area contributed by atoms with E-state index < -0.39 is 0 Å². The van der Waals surface area contributed by atoms with Crippen LogP contribution in [0.15, 0.2) is 18.5 Å². The van der Waals surface area contributed by atoms with E-state index in [9.17, 15) is 0 Å². The molecule has 1 aromatic rings. The summed E-state index contributed by atoms with van der Waals surface area (Å²) in [4.78, 5) is 0. The molecule has 1 aromatic heterocycles. The molecule has 3 heteroatoms. The lowest BCUT2D eigenvalue weighted by Crippen LogP contribution is -2.17. The van der Waals surface area contributed by atoms with Gasteiger partial charge >= 0.3 is 0 Å². The monoisotopic (exact) mass is 236 g/mol. The molecule has 96 valence electrons. The van der Waals surface area contributed by atoms with Crippen LogP contribution in [0.3, 0.4) is 0 Å². The lowest BCUT2D eigenvalue weighted by Gasteiger charge is -2.13. The molecule has 17 heavy (non-hydrogen) atoms. The predicted molar refractivity (Wildman–Crippen MR) is 69.9 cm³/mol. The van der Waals surface area contributed by atoms with Crippen LogP contribution in [0.5, 0.6) is 0 Å². The summed E-state index contributed by atoms with van der Waals surface area (Å²) >= 11 is 0. The summed E-state index contributed by atoms with van der Waals surface area (Å²) < 4.78 is 2.28. The molecular weight excluding hydrogens is 212 g/mol. The van der Waals surface area contributed by atoms with Crippen LogP contribution in [-0.4, -0.2) is 23.3 Å². The van der Waals surface area contributed by atoms with E-state index in [1.54, 1.807) is 0 Å². The van der Waals surface area contributed by atoms with Gasteiger partial charge in [0, 0.05) is 31.6 Å². The van der Waals surface area contributed by atoms with Crippen molar-refractivity contribution >= 4 is 0 Å². The van der Waals surface area contributed by atoms with Crippen LogP contribution in [-0.2, 0) is 6.54 Å². The Labute approximate surface area is 104 Å². The number of aliphatic hydroxyl groups is 1. The highest BCUT2D eigenvalue weighted by Gasteiger charge is 2.31. The molecule has 1 aliphatic rings. The van der Waals surface area contributed by atoms with Crippen LogP contribution in [0.1, 0.15) is 43.7 Å². The SMILES string of the molecule is CNC(c1ccn(CCCCCO)c1)C1CC1. The highest BCUT2D eigenvalue weighted by molar-refractivity contribution is 5.18. The Hall–Kier alpha value is -0.800. The van der Waals surface area contributed by atoms with Gasteiger partial charge in [0.15, 0.2) is 0 Å². The Morgan fingerprint density at radius 1 is 1.41 bits per heavy atom. The fourth-order valence-corrected chi connectivity index (χ4v) is 2.47. The van der Waals surface area contributed by atoms with Crippen molar-refractivity contribution in [3.63, 3.8) is 0 Å². The van der Waals surface area contributed by atoms with Crippen LogP contribution in [0.4, 0.5) is 0 Å². The zero-order chi connectivity index (χ0) is 12.1. The van der Waals surface area contributed by atoms with Gasteiger partial charge in [0.05, 0.1) is 0 Å². The van der Waals surface area contributed by atoms with E-state index >= 15 is 0 Å². The molecule has 1 atom stereocenters. The van der Waals surface area contributed by atoms with Crippen LogP contribution in [0.2, 0.25) is 0 Å². The van der Waals surface area contributed by atoms with Gasteiger partial charge in [-0.25, -0.2) is 0 Å². The van der Waals surface area contributed by atoms with E-state index in [4.69, 9.17) is 5.11 Å². The second-order valence-electron chi connectivity index (χ2n) is 5.07. The summed E-state index contributed by atoms with van der Waals surface area (Å²) in [5.74, 6) is 0.852. The van der Waals surface area contributed by atoms with Gasteiger partial charge in [0.2, 0.25) is 0 Å². The molecule has 1 aliphatic carbocycles. The first kappa shape index (κ1) is 12.7. The average molecular weight is 236 g/mol. The summed E-state index contributed by atoms with van der Waals surface area (Å²) in [6.45, 7) is 1.39. The smallest absolute Gasteiger partial charge is 0.0431 e. The van der Waals surface area contributed by atoms with Gasteiger partial charge in [0.25, 0.3) is 0 Å². The summed E-state index contributed by atoms with van der Waals surface area (Å²) in [6, 6.07) is 2.79. The number of aromatic nitrogens is 1. The van der Waals surface area contributed by atoms with Gasteiger partial charge in [-0.2, -0.15) is 0 Å². The van der Waals surface area contributed by atoms with Crippen LogP contribution in [0, 0.1) is 5.92 Å². The largest absolute Gasteiger partial charge is 0.396 e. The number of nitrogens with zero attached hydrogens (tertiary/aromatic N) is 1. The topological polar surface area (TPSA) is 37.2 Å². The number of rotatable bonds is 8. The molecule has 1 saturated carbocycles. The average Bonchev–Trinajstić information content (AvgIpc) is 3.06. The zero-order valence-electron chi connectivity index (χ0n) is 10.7. The Kier molecular flexibility index (Phi) is 4.63. The Morgan fingerprint density at radius 3 is 2.88 bits per heavy atom. The Morgan fingerprint density at radius 2 is 2.24 bits per heavy atom. The molecule has 0 saturated heterocycles. The van der Waals surface area contributed by atoms with Crippen molar-refractivity contribution in [2.24, 2.45) is 5.92 Å². The molecule has 0 aliphatic heterocycles. The molecule has 0 bridgehead atoms. The molecule has 1 heterocycles. The van der Waals surface area contributed by atoms with E-state index in [0.29, 0.717) is 12.6 Å². The van der Waals surface area contributed by atoms with Crippen molar-refractivity contribution < 1.29 is 5.11 Å². The van der Waals surface area contributed by atoms with Crippen molar-refractivity contribution in [1.82, 2.24) is 9.88 Å². The number of aryl methyl sites for hydroxylation is 1. The normalized spacial score (nSPS) is 17.3. The molecule has 1 unspecified atom stereocenters. The fraction of sp³-hybridized carbons (Fsp3) is 0.714. The van der Waals surface area contributed by atoms with Crippen LogP contribution < -0.4 is 5.32 Å². The first-order chi connectivity index (χ1) is 8.35. The lowest BCUT2D eigenvalue weighted by atomic mass is 10.1. The van der Waals surface area contributed by atoms with Gasteiger partial charge < -0.3 is 15.0 Å². The molecule has 0 aromatic carbocycles.